The third-order valence-corrected chi connectivity index (χ3v) is 2.85. The molecule has 0 aromatic heterocycles. The lowest BCUT2D eigenvalue weighted by molar-refractivity contribution is 0.0131. The Balaban J connectivity index is 2.97. The molecule has 0 fully saturated rings. The Hall–Kier alpha value is -1.14. The van der Waals surface area contributed by atoms with Gasteiger partial charge in [0.1, 0.15) is 6.10 Å². The number of aliphatic hydroxyl groups excluding tert-OH is 2. The maximum absolute atomic E-state index is 11.1. The molecular formula is C12H16ClNO4. The Bertz CT molecular complexity index is 425. The molecule has 0 heterocycles. The molecule has 1 rings (SSSR count). The van der Waals surface area contributed by atoms with Crippen LogP contribution in [0.4, 0.5) is 0 Å². The smallest absolute Gasteiger partial charge is 0.336 e. The number of halogens is 1. The summed E-state index contributed by atoms with van der Waals surface area (Å²) in [6, 6.07) is 4.16. The molecule has 2 unspecified atom stereocenters. The Morgan fingerprint density at radius 1 is 1.44 bits per heavy atom. The predicted molar refractivity (Wildman–Crippen MR) is 67.9 cm³/mol. The van der Waals surface area contributed by atoms with Gasteiger partial charge >= 0.3 is 5.97 Å². The van der Waals surface area contributed by atoms with Crippen molar-refractivity contribution in [3.8, 4) is 0 Å². The quantitative estimate of drug-likeness (QED) is 0.622. The van der Waals surface area contributed by atoms with E-state index in [9.17, 15) is 15.0 Å². The lowest BCUT2D eigenvalue weighted by Gasteiger charge is -2.19. The third kappa shape index (κ3) is 3.68. The Morgan fingerprint density at radius 3 is 2.67 bits per heavy atom. The van der Waals surface area contributed by atoms with Crippen molar-refractivity contribution < 1.29 is 20.1 Å². The standard InChI is InChI=1S/C12H16ClNO4/c1-14-5-4-10(15)11(16)8-3-2-7(13)6-9(8)12(17)18/h2-3,6,10-11,14-16H,4-5H2,1H3,(H,17,18). The van der Waals surface area contributed by atoms with Gasteiger partial charge in [0.2, 0.25) is 0 Å². The van der Waals surface area contributed by atoms with Crippen molar-refractivity contribution in [1.82, 2.24) is 5.32 Å². The fourth-order valence-corrected chi connectivity index (χ4v) is 1.80. The first-order chi connectivity index (χ1) is 8.47. The van der Waals surface area contributed by atoms with Crippen molar-refractivity contribution in [2.75, 3.05) is 13.6 Å². The highest BCUT2D eigenvalue weighted by Crippen LogP contribution is 2.25. The molecule has 5 nitrogen and oxygen atoms in total. The lowest BCUT2D eigenvalue weighted by Crippen LogP contribution is -2.24. The Kier molecular flexibility index (Phi) is 5.55. The van der Waals surface area contributed by atoms with Crippen LogP contribution in [-0.4, -0.2) is 41.0 Å². The van der Waals surface area contributed by atoms with Gasteiger partial charge in [0.05, 0.1) is 11.7 Å². The first-order valence-corrected chi connectivity index (χ1v) is 5.88. The van der Waals surface area contributed by atoms with Crippen LogP contribution in [0.2, 0.25) is 5.02 Å². The summed E-state index contributed by atoms with van der Waals surface area (Å²) in [5.74, 6) is -1.19. The summed E-state index contributed by atoms with van der Waals surface area (Å²) in [6.07, 6.45) is -1.96. The zero-order chi connectivity index (χ0) is 13.7. The number of hydrogen-bond acceptors (Lipinski definition) is 4. The molecule has 0 saturated heterocycles. The first-order valence-electron chi connectivity index (χ1n) is 5.50. The van der Waals surface area contributed by atoms with Crippen molar-refractivity contribution in [2.45, 2.75) is 18.6 Å². The van der Waals surface area contributed by atoms with Gasteiger partial charge in [0, 0.05) is 5.02 Å². The Labute approximate surface area is 110 Å². The number of benzene rings is 1. The van der Waals surface area contributed by atoms with Gasteiger partial charge in [-0.15, -0.1) is 0 Å². The van der Waals surface area contributed by atoms with Crippen molar-refractivity contribution in [3.63, 3.8) is 0 Å². The molecule has 2 atom stereocenters. The minimum Gasteiger partial charge on any atom is -0.478 e. The van der Waals surface area contributed by atoms with Gasteiger partial charge in [0.15, 0.2) is 0 Å². The van der Waals surface area contributed by atoms with E-state index in [1.165, 1.54) is 18.2 Å². The average Bonchev–Trinajstić information content (AvgIpc) is 2.34. The monoisotopic (exact) mass is 273 g/mol. The Morgan fingerprint density at radius 2 is 2.11 bits per heavy atom. The van der Waals surface area contributed by atoms with E-state index in [0.29, 0.717) is 13.0 Å². The summed E-state index contributed by atoms with van der Waals surface area (Å²) in [4.78, 5) is 11.1. The summed E-state index contributed by atoms with van der Waals surface area (Å²) in [7, 11) is 1.73. The maximum atomic E-state index is 11.1. The second-order valence-corrected chi connectivity index (χ2v) is 4.38. The molecule has 0 amide bonds. The van der Waals surface area contributed by atoms with E-state index in [1.54, 1.807) is 7.05 Å². The minimum absolute atomic E-state index is 0.0986. The molecule has 6 heteroatoms. The van der Waals surface area contributed by atoms with Crippen LogP contribution in [0.5, 0.6) is 0 Å². The SMILES string of the molecule is CNCCC(O)C(O)c1ccc(Cl)cc1C(=O)O. The number of aliphatic hydroxyl groups is 2. The normalized spacial score (nSPS) is 14.2. The van der Waals surface area contributed by atoms with Gasteiger partial charge in [0.25, 0.3) is 0 Å². The molecule has 0 bridgehead atoms. The van der Waals surface area contributed by atoms with Crippen molar-refractivity contribution in [3.05, 3.63) is 34.3 Å². The topological polar surface area (TPSA) is 89.8 Å². The first kappa shape index (κ1) is 14.9. The van der Waals surface area contributed by atoms with Gasteiger partial charge in [-0.3, -0.25) is 0 Å². The number of aromatic carboxylic acids is 1. The molecule has 0 saturated carbocycles. The van der Waals surface area contributed by atoms with E-state index in [4.69, 9.17) is 16.7 Å². The van der Waals surface area contributed by atoms with Crippen LogP contribution >= 0.6 is 11.6 Å². The molecule has 100 valence electrons. The molecule has 0 aliphatic rings. The number of carbonyl (C=O) groups is 1. The van der Waals surface area contributed by atoms with Gasteiger partial charge in [-0.2, -0.15) is 0 Å². The van der Waals surface area contributed by atoms with Crippen LogP contribution < -0.4 is 5.32 Å². The van der Waals surface area contributed by atoms with Crippen LogP contribution in [-0.2, 0) is 0 Å². The van der Waals surface area contributed by atoms with Gasteiger partial charge < -0.3 is 20.6 Å². The summed E-state index contributed by atoms with van der Waals surface area (Å²) in [5.41, 5.74) is 0.0639. The van der Waals surface area contributed by atoms with Crippen molar-refractivity contribution >= 4 is 17.6 Å². The summed E-state index contributed by atoms with van der Waals surface area (Å²) in [6.45, 7) is 0.522. The van der Waals surface area contributed by atoms with E-state index >= 15 is 0 Å². The molecule has 18 heavy (non-hydrogen) atoms. The number of hydrogen-bond donors (Lipinski definition) is 4. The zero-order valence-corrected chi connectivity index (χ0v) is 10.7. The second kappa shape index (κ2) is 6.70. The van der Waals surface area contributed by atoms with E-state index in [1.807, 2.05) is 0 Å². The summed E-state index contributed by atoms with van der Waals surface area (Å²) in [5, 5.41) is 31.9. The molecule has 0 aliphatic heterocycles. The van der Waals surface area contributed by atoms with Gasteiger partial charge in [-0.25, -0.2) is 4.79 Å². The zero-order valence-electron chi connectivity index (χ0n) is 9.93. The minimum atomic E-state index is -1.25. The fourth-order valence-electron chi connectivity index (χ4n) is 1.63. The van der Waals surface area contributed by atoms with Gasteiger partial charge in [-0.1, -0.05) is 17.7 Å². The average molecular weight is 274 g/mol. The van der Waals surface area contributed by atoms with Crippen LogP contribution in [0, 0.1) is 0 Å². The molecule has 0 radical (unpaired) electrons. The molecule has 1 aromatic carbocycles. The molecule has 0 aliphatic carbocycles. The van der Waals surface area contributed by atoms with E-state index in [2.05, 4.69) is 5.32 Å². The van der Waals surface area contributed by atoms with Gasteiger partial charge in [-0.05, 0) is 37.7 Å². The highest BCUT2D eigenvalue weighted by molar-refractivity contribution is 6.30. The molecular weight excluding hydrogens is 258 g/mol. The number of carboxylic acids is 1. The highest BCUT2D eigenvalue weighted by atomic mass is 35.5. The van der Waals surface area contributed by atoms with E-state index in [0.717, 1.165) is 0 Å². The van der Waals surface area contributed by atoms with E-state index in [-0.39, 0.29) is 16.1 Å². The summed E-state index contributed by atoms with van der Waals surface area (Å²) < 4.78 is 0. The van der Waals surface area contributed by atoms with Crippen LogP contribution in [0.3, 0.4) is 0 Å². The third-order valence-electron chi connectivity index (χ3n) is 2.62. The van der Waals surface area contributed by atoms with Crippen LogP contribution in [0.1, 0.15) is 28.4 Å². The van der Waals surface area contributed by atoms with Crippen LogP contribution in [0.15, 0.2) is 18.2 Å². The molecule has 0 spiro atoms. The van der Waals surface area contributed by atoms with Crippen molar-refractivity contribution in [1.29, 1.82) is 0 Å². The van der Waals surface area contributed by atoms with Crippen LogP contribution in [0.25, 0.3) is 0 Å². The maximum Gasteiger partial charge on any atom is 0.336 e. The fraction of sp³-hybridized carbons (Fsp3) is 0.417. The predicted octanol–water partition coefficient (Wildman–Crippen LogP) is 1.04. The second-order valence-electron chi connectivity index (χ2n) is 3.94. The number of carboxylic acid groups (broad SMARTS) is 1. The molecule has 4 N–H and O–H groups in total. The number of rotatable bonds is 6. The largest absolute Gasteiger partial charge is 0.478 e. The lowest BCUT2D eigenvalue weighted by atomic mass is 9.97. The van der Waals surface area contributed by atoms with Crippen molar-refractivity contribution in [2.24, 2.45) is 0 Å². The molecule has 1 aromatic rings. The van der Waals surface area contributed by atoms with E-state index < -0.39 is 18.2 Å². The summed E-state index contributed by atoms with van der Waals surface area (Å²) >= 11 is 5.71. The highest BCUT2D eigenvalue weighted by Gasteiger charge is 2.23. The number of nitrogens with one attached hydrogen (secondary N) is 1.